The van der Waals surface area contributed by atoms with Crippen LogP contribution in [0.3, 0.4) is 0 Å². The molecule has 0 amide bonds. The first-order valence-corrected chi connectivity index (χ1v) is 9.98. The van der Waals surface area contributed by atoms with Crippen molar-refractivity contribution in [3.63, 3.8) is 0 Å². The van der Waals surface area contributed by atoms with E-state index >= 15 is 0 Å². The molecule has 0 aromatic carbocycles. The van der Waals surface area contributed by atoms with Gasteiger partial charge < -0.3 is 0 Å². The summed E-state index contributed by atoms with van der Waals surface area (Å²) in [6, 6.07) is 7.71. The number of rotatable bonds is 4. The van der Waals surface area contributed by atoms with Crippen molar-refractivity contribution in [2.75, 3.05) is 0 Å². The zero-order valence-electron chi connectivity index (χ0n) is 12.7. The summed E-state index contributed by atoms with van der Waals surface area (Å²) < 4.78 is 6.32. The monoisotopic (exact) mass is 456 g/mol. The number of fused-ring (bicyclic) bond motifs is 1. The van der Waals surface area contributed by atoms with Gasteiger partial charge in [0.2, 0.25) is 0 Å². The van der Waals surface area contributed by atoms with Crippen LogP contribution in [0.5, 0.6) is 5.88 Å². The Bertz CT molecular complexity index is 910. The first kappa shape index (κ1) is 19.7. The fourth-order valence-corrected chi connectivity index (χ4v) is 5.62. The molecular weight excluding hydrogens is 444 g/mol. The Balaban J connectivity index is 0.00000113. The number of aliphatic imine (C=N–C) groups is 1. The molecule has 0 aliphatic carbocycles. The zero-order chi connectivity index (χ0) is 15.6. The molecule has 3 aromatic heterocycles. The minimum absolute atomic E-state index is 0. The summed E-state index contributed by atoms with van der Waals surface area (Å²) in [6.07, 6.45) is 7.09. The van der Waals surface area contributed by atoms with Crippen LogP contribution in [-0.2, 0) is 5.21 Å². The van der Waals surface area contributed by atoms with Gasteiger partial charge in [-0.25, -0.2) is 0 Å². The van der Waals surface area contributed by atoms with Gasteiger partial charge in [-0.05, 0) is 0 Å². The first-order chi connectivity index (χ1) is 11.3. The van der Waals surface area contributed by atoms with Gasteiger partial charge in [-0.15, -0.1) is 24.8 Å². The molecule has 0 spiro atoms. The standard InChI is InChI=1S/C16H11AsN3O2S.2ClH/c21-15-13(7-10-9-19-14-12(10)4-1-5-18-14)23-16(20-15)17-8-11-3-2-6-22-11;;/h1-7,9,21H,8H2;2*1H. The van der Waals surface area contributed by atoms with E-state index in [0.717, 1.165) is 30.8 Å². The van der Waals surface area contributed by atoms with E-state index in [-0.39, 0.29) is 46.4 Å². The van der Waals surface area contributed by atoms with E-state index in [1.54, 1.807) is 18.7 Å². The third-order valence-corrected chi connectivity index (χ3v) is 7.09. The van der Waals surface area contributed by atoms with Gasteiger partial charge in [-0.3, -0.25) is 0 Å². The number of allylic oxidation sites excluding steroid dienone is 1. The van der Waals surface area contributed by atoms with Crippen molar-refractivity contribution >= 4 is 79.4 Å². The van der Waals surface area contributed by atoms with Crippen LogP contribution in [0.4, 0.5) is 5.82 Å². The molecule has 0 unspecified atom stereocenters. The van der Waals surface area contributed by atoms with Gasteiger partial charge in [0.1, 0.15) is 0 Å². The van der Waals surface area contributed by atoms with Gasteiger partial charge in [0, 0.05) is 0 Å². The SMILES string of the molecule is Cl.Cl.Oc1nc([As]Cc2ccco2)sc1C=C1C=Nc2ncccc21. The first-order valence-electron chi connectivity index (χ1n) is 6.90. The van der Waals surface area contributed by atoms with Crippen molar-refractivity contribution in [3.05, 3.63) is 52.9 Å². The van der Waals surface area contributed by atoms with Crippen LogP contribution >= 0.6 is 36.2 Å². The van der Waals surface area contributed by atoms with E-state index in [1.165, 1.54) is 11.3 Å². The minimum atomic E-state index is -0.160. The van der Waals surface area contributed by atoms with E-state index in [1.807, 2.05) is 30.3 Å². The zero-order valence-corrected chi connectivity index (χ0v) is 17.0. The van der Waals surface area contributed by atoms with E-state index in [4.69, 9.17) is 4.42 Å². The van der Waals surface area contributed by atoms with Crippen LogP contribution in [0.25, 0.3) is 11.6 Å². The van der Waals surface area contributed by atoms with Gasteiger partial charge in [0.15, 0.2) is 0 Å². The summed E-state index contributed by atoms with van der Waals surface area (Å²) in [5, 5.41) is 10.9. The van der Waals surface area contributed by atoms with E-state index in [2.05, 4.69) is 15.0 Å². The molecule has 1 N–H and O–H groups in total. The molecule has 1 aliphatic rings. The van der Waals surface area contributed by atoms with E-state index in [9.17, 15) is 5.11 Å². The van der Waals surface area contributed by atoms with Crippen LogP contribution in [-0.4, -0.2) is 37.0 Å². The Morgan fingerprint density at radius 2 is 2.12 bits per heavy atom. The normalized spacial score (nSPS) is 13.8. The molecule has 129 valence electrons. The third kappa shape index (κ3) is 4.33. The van der Waals surface area contributed by atoms with Crippen molar-refractivity contribution in [2.45, 2.75) is 5.21 Å². The van der Waals surface area contributed by atoms with E-state index in [0.29, 0.717) is 5.82 Å². The molecule has 4 heterocycles. The van der Waals surface area contributed by atoms with Gasteiger partial charge >= 0.3 is 143 Å². The average molecular weight is 457 g/mol. The summed E-state index contributed by atoms with van der Waals surface area (Å²) in [5.74, 6) is 1.76. The Morgan fingerprint density at radius 3 is 2.92 bits per heavy atom. The molecule has 0 bridgehead atoms. The molecule has 3 aromatic rings. The van der Waals surface area contributed by atoms with Crippen LogP contribution in [0.2, 0.25) is 0 Å². The Kier molecular flexibility index (Phi) is 6.85. The Hall–Kier alpha value is -1.59. The molecule has 25 heavy (non-hydrogen) atoms. The molecule has 4 rings (SSSR count). The Labute approximate surface area is 167 Å². The third-order valence-electron chi connectivity index (χ3n) is 3.28. The molecule has 9 heteroatoms. The van der Waals surface area contributed by atoms with Crippen molar-refractivity contribution in [2.24, 2.45) is 4.99 Å². The van der Waals surface area contributed by atoms with Gasteiger partial charge in [-0.1, -0.05) is 0 Å². The number of hydrogen-bond donors (Lipinski definition) is 1. The van der Waals surface area contributed by atoms with E-state index < -0.39 is 0 Å². The summed E-state index contributed by atoms with van der Waals surface area (Å²) in [7, 11) is 0. The summed E-state index contributed by atoms with van der Waals surface area (Å²) in [5.41, 5.74) is 1.92. The Morgan fingerprint density at radius 1 is 1.24 bits per heavy atom. The molecule has 0 atom stereocenters. The maximum atomic E-state index is 10.1. The van der Waals surface area contributed by atoms with Crippen LogP contribution in [0.1, 0.15) is 16.2 Å². The second-order valence-electron chi connectivity index (χ2n) is 4.81. The van der Waals surface area contributed by atoms with Crippen LogP contribution in [0, 0.1) is 0 Å². The average Bonchev–Trinajstić information content (AvgIpc) is 3.28. The number of nitrogens with zero attached hydrogens (tertiary/aromatic N) is 3. The van der Waals surface area contributed by atoms with Gasteiger partial charge in [0.25, 0.3) is 0 Å². The number of pyridine rings is 1. The quantitative estimate of drug-likeness (QED) is 0.610. The van der Waals surface area contributed by atoms with Crippen LogP contribution < -0.4 is 3.80 Å². The summed E-state index contributed by atoms with van der Waals surface area (Å²) >= 11 is 1.36. The topological polar surface area (TPSA) is 71.5 Å². The molecule has 1 radical (unpaired) electrons. The number of thiazole rings is 1. The number of aromatic nitrogens is 2. The number of hydrogen-bond acceptors (Lipinski definition) is 6. The molecule has 0 fully saturated rings. The van der Waals surface area contributed by atoms with Crippen LogP contribution in [0.15, 0.2) is 46.1 Å². The van der Waals surface area contributed by atoms with Crippen molar-refractivity contribution in [3.8, 4) is 5.88 Å². The molecule has 1 aliphatic heterocycles. The fourth-order valence-electron chi connectivity index (χ4n) is 2.20. The number of halogens is 2. The fraction of sp³-hybridized carbons (Fsp3) is 0.0625. The van der Waals surface area contributed by atoms with Gasteiger partial charge in [-0.2, -0.15) is 0 Å². The summed E-state index contributed by atoms with van der Waals surface area (Å²) in [4.78, 5) is 13.5. The van der Waals surface area contributed by atoms with Crippen molar-refractivity contribution in [1.29, 1.82) is 0 Å². The molecule has 5 nitrogen and oxygen atoms in total. The van der Waals surface area contributed by atoms with Crippen molar-refractivity contribution < 1.29 is 9.52 Å². The number of aromatic hydroxyl groups is 1. The second-order valence-corrected chi connectivity index (χ2v) is 8.72. The maximum absolute atomic E-state index is 10.1. The number of furan rings is 1. The van der Waals surface area contributed by atoms with Crippen molar-refractivity contribution in [1.82, 2.24) is 9.97 Å². The van der Waals surface area contributed by atoms with Gasteiger partial charge in [0.05, 0.1) is 0 Å². The predicted molar refractivity (Wildman–Crippen MR) is 106 cm³/mol. The molecular formula is C16H13AsCl2N3O2S. The molecule has 0 saturated heterocycles. The molecule has 0 saturated carbocycles. The second kappa shape index (κ2) is 8.67. The summed E-state index contributed by atoms with van der Waals surface area (Å²) in [6.45, 7) is 0. The predicted octanol–water partition coefficient (Wildman–Crippen LogP) is 3.47.